The zero-order chi connectivity index (χ0) is 7.84. The summed E-state index contributed by atoms with van der Waals surface area (Å²) in [6, 6.07) is 4.19. The summed E-state index contributed by atoms with van der Waals surface area (Å²) in [5.41, 5.74) is 0. The van der Waals surface area contributed by atoms with Crippen LogP contribution in [-0.2, 0) is 0 Å². The Morgan fingerprint density at radius 1 is 1.09 bits per heavy atom. The van der Waals surface area contributed by atoms with Gasteiger partial charge in [-0.2, -0.15) is 0 Å². The molecule has 1 aromatic carbocycles. The highest BCUT2D eigenvalue weighted by Crippen LogP contribution is 2.22. The summed E-state index contributed by atoms with van der Waals surface area (Å²) in [7, 11) is 0. The maximum absolute atomic E-state index is 12.6. The average Bonchev–Trinajstić information content (AvgIpc) is 2.36. The van der Waals surface area contributed by atoms with Crippen LogP contribution in [0.25, 0.3) is 10.1 Å². The van der Waals surface area contributed by atoms with Crippen molar-refractivity contribution in [2.24, 2.45) is 0 Å². The molecule has 0 nitrogen and oxygen atoms in total. The Hall–Kier alpha value is -0.960. The SMILES string of the molecule is Fc1cc2ccsc2cc1F. The lowest BCUT2D eigenvalue weighted by atomic mass is 10.2. The maximum atomic E-state index is 12.6. The molecule has 2 rings (SSSR count). The zero-order valence-corrected chi connectivity index (χ0v) is 6.29. The van der Waals surface area contributed by atoms with Crippen LogP contribution in [0.5, 0.6) is 0 Å². The monoisotopic (exact) mass is 170 g/mol. The van der Waals surface area contributed by atoms with Crippen molar-refractivity contribution in [1.29, 1.82) is 0 Å². The Morgan fingerprint density at radius 2 is 1.82 bits per heavy atom. The molecule has 0 fully saturated rings. The van der Waals surface area contributed by atoms with Gasteiger partial charge in [-0.25, -0.2) is 8.78 Å². The van der Waals surface area contributed by atoms with Crippen molar-refractivity contribution in [3.8, 4) is 0 Å². The van der Waals surface area contributed by atoms with E-state index in [1.54, 1.807) is 6.07 Å². The van der Waals surface area contributed by atoms with Gasteiger partial charge in [0.1, 0.15) is 0 Å². The molecule has 0 aliphatic carbocycles. The molecule has 0 aliphatic rings. The molecule has 11 heavy (non-hydrogen) atoms. The highest BCUT2D eigenvalue weighted by atomic mass is 32.1. The fraction of sp³-hybridized carbons (Fsp3) is 0. The van der Waals surface area contributed by atoms with E-state index >= 15 is 0 Å². The lowest BCUT2D eigenvalue weighted by Crippen LogP contribution is -1.79. The van der Waals surface area contributed by atoms with Crippen molar-refractivity contribution in [3.05, 3.63) is 35.2 Å². The van der Waals surface area contributed by atoms with E-state index in [9.17, 15) is 8.78 Å². The summed E-state index contributed by atoms with van der Waals surface area (Å²) < 4.78 is 25.9. The van der Waals surface area contributed by atoms with Crippen molar-refractivity contribution in [1.82, 2.24) is 0 Å². The Labute approximate surface area is 66.1 Å². The molecule has 56 valence electrons. The van der Waals surface area contributed by atoms with E-state index < -0.39 is 11.6 Å². The van der Waals surface area contributed by atoms with Crippen LogP contribution < -0.4 is 0 Å². The van der Waals surface area contributed by atoms with Gasteiger partial charge in [-0.3, -0.25) is 0 Å². The van der Waals surface area contributed by atoms with Gasteiger partial charge in [-0.1, -0.05) is 0 Å². The van der Waals surface area contributed by atoms with E-state index in [4.69, 9.17) is 0 Å². The zero-order valence-electron chi connectivity index (χ0n) is 5.47. The first kappa shape index (κ1) is 6.73. The molecule has 0 spiro atoms. The fourth-order valence-corrected chi connectivity index (χ4v) is 1.75. The Kier molecular flexibility index (Phi) is 1.39. The van der Waals surface area contributed by atoms with Crippen LogP contribution in [0.3, 0.4) is 0 Å². The molecule has 0 radical (unpaired) electrons. The molecule has 0 atom stereocenters. The quantitative estimate of drug-likeness (QED) is 0.569. The molecular weight excluding hydrogens is 166 g/mol. The van der Waals surface area contributed by atoms with Crippen molar-refractivity contribution in [2.45, 2.75) is 0 Å². The number of hydrogen-bond acceptors (Lipinski definition) is 1. The van der Waals surface area contributed by atoms with E-state index in [2.05, 4.69) is 0 Å². The molecule has 0 unspecified atom stereocenters. The predicted octanol–water partition coefficient (Wildman–Crippen LogP) is 3.18. The third kappa shape index (κ3) is 1.01. The molecule has 0 amide bonds. The van der Waals surface area contributed by atoms with Crippen LogP contribution in [0, 0.1) is 11.6 Å². The van der Waals surface area contributed by atoms with Crippen LogP contribution in [0.4, 0.5) is 8.78 Å². The number of halogens is 2. The van der Waals surface area contributed by atoms with Crippen LogP contribution in [0.15, 0.2) is 23.6 Å². The first-order chi connectivity index (χ1) is 5.27. The second kappa shape index (κ2) is 2.27. The van der Waals surface area contributed by atoms with Gasteiger partial charge < -0.3 is 0 Å². The smallest absolute Gasteiger partial charge is 0.160 e. The number of hydrogen-bond donors (Lipinski definition) is 0. The van der Waals surface area contributed by atoms with Gasteiger partial charge in [0, 0.05) is 4.70 Å². The summed E-state index contributed by atoms with van der Waals surface area (Å²) in [4.78, 5) is 0. The third-order valence-electron chi connectivity index (χ3n) is 1.50. The van der Waals surface area contributed by atoms with Crippen molar-refractivity contribution in [2.75, 3.05) is 0 Å². The van der Waals surface area contributed by atoms with Crippen LogP contribution >= 0.6 is 11.3 Å². The second-order valence-electron chi connectivity index (χ2n) is 2.22. The fourth-order valence-electron chi connectivity index (χ4n) is 0.957. The summed E-state index contributed by atoms with van der Waals surface area (Å²) >= 11 is 1.40. The molecule has 0 aliphatic heterocycles. The number of benzene rings is 1. The number of rotatable bonds is 0. The van der Waals surface area contributed by atoms with Crippen LogP contribution in [0.2, 0.25) is 0 Å². The normalized spacial score (nSPS) is 10.7. The average molecular weight is 170 g/mol. The standard InChI is InChI=1S/C8H4F2S/c9-6-3-5-1-2-11-8(5)4-7(6)10/h1-4H. The Bertz CT molecular complexity index is 356. The Balaban J connectivity index is 2.86. The summed E-state index contributed by atoms with van der Waals surface area (Å²) in [6.45, 7) is 0. The van der Waals surface area contributed by atoms with E-state index in [1.165, 1.54) is 23.5 Å². The maximum Gasteiger partial charge on any atom is 0.160 e. The minimum Gasteiger partial charge on any atom is -0.204 e. The van der Waals surface area contributed by atoms with Crippen molar-refractivity contribution in [3.63, 3.8) is 0 Å². The molecular formula is C8H4F2S. The molecule has 0 saturated heterocycles. The van der Waals surface area contributed by atoms with E-state index in [1.807, 2.05) is 5.38 Å². The van der Waals surface area contributed by atoms with E-state index in [0.717, 1.165) is 10.1 Å². The molecule has 0 saturated carbocycles. The topological polar surface area (TPSA) is 0 Å². The Morgan fingerprint density at radius 3 is 2.64 bits per heavy atom. The minimum absolute atomic E-state index is 0.758. The number of thiophene rings is 1. The van der Waals surface area contributed by atoms with Gasteiger partial charge in [0.15, 0.2) is 11.6 Å². The minimum atomic E-state index is -0.782. The van der Waals surface area contributed by atoms with Crippen molar-refractivity contribution < 1.29 is 8.78 Å². The van der Waals surface area contributed by atoms with Gasteiger partial charge in [-0.15, -0.1) is 11.3 Å². The van der Waals surface area contributed by atoms with Crippen LogP contribution in [-0.4, -0.2) is 0 Å². The van der Waals surface area contributed by atoms with E-state index in [-0.39, 0.29) is 0 Å². The first-order valence-corrected chi connectivity index (χ1v) is 3.97. The lowest BCUT2D eigenvalue weighted by Gasteiger charge is -1.91. The third-order valence-corrected chi connectivity index (χ3v) is 2.37. The lowest BCUT2D eigenvalue weighted by molar-refractivity contribution is 0.511. The molecule has 1 aromatic heterocycles. The molecule has 0 N–H and O–H groups in total. The van der Waals surface area contributed by atoms with Crippen molar-refractivity contribution >= 4 is 21.4 Å². The van der Waals surface area contributed by atoms with Gasteiger partial charge in [0.05, 0.1) is 0 Å². The highest BCUT2D eigenvalue weighted by Gasteiger charge is 2.03. The summed E-state index contributed by atoms with van der Waals surface area (Å²) in [6.07, 6.45) is 0. The first-order valence-electron chi connectivity index (χ1n) is 3.09. The molecule has 1 heterocycles. The van der Waals surface area contributed by atoms with Gasteiger partial charge in [0.2, 0.25) is 0 Å². The number of fused-ring (bicyclic) bond motifs is 1. The van der Waals surface area contributed by atoms with Gasteiger partial charge in [-0.05, 0) is 29.0 Å². The second-order valence-corrected chi connectivity index (χ2v) is 3.17. The molecule has 3 heteroatoms. The van der Waals surface area contributed by atoms with Gasteiger partial charge >= 0.3 is 0 Å². The largest absolute Gasteiger partial charge is 0.204 e. The molecule has 2 aromatic rings. The summed E-state index contributed by atoms with van der Waals surface area (Å²) in [5.74, 6) is -1.56. The van der Waals surface area contributed by atoms with E-state index in [0.29, 0.717) is 0 Å². The molecule has 0 bridgehead atoms. The summed E-state index contributed by atoms with van der Waals surface area (Å²) in [5, 5.41) is 2.57. The van der Waals surface area contributed by atoms with Gasteiger partial charge in [0.25, 0.3) is 0 Å². The van der Waals surface area contributed by atoms with Crippen LogP contribution in [0.1, 0.15) is 0 Å². The highest BCUT2D eigenvalue weighted by molar-refractivity contribution is 7.17. The predicted molar refractivity (Wildman–Crippen MR) is 41.7 cm³/mol.